The van der Waals surface area contributed by atoms with E-state index in [-0.39, 0.29) is 25.6 Å². The third kappa shape index (κ3) is 6.88. The first kappa shape index (κ1) is 25.8. The molecule has 0 fully saturated rings. The Morgan fingerprint density at radius 3 is 2.11 bits per heavy atom. The normalized spacial score (nSPS) is 12.2. The fraction of sp³-hybridized carbons (Fsp3) is 0.276. The van der Waals surface area contributed by atoms with Crippen molar-refractivity contribution in [2.75, 3.05) is 18.5 Å². The third-order valence-corrected chi connectivity index (χ3v) is 5.78. The maximum atomic E-state index is 12.4. The van der Waals surface area contributed by atoms with Crippen LogP contribution in [0.15, 0.2) is 72.8 Å². The van der Waals surface area contributed by atoms with Gasteiger partial charge in [0, 0.05) is 18.2 Å². The van der Waals surface area contributed by atoms with Crippen LogP contribution in [0.1, 0.15) is 43.4 Å². The second kappa shape index (κ2) is 11.2. The summed E-state index contributed by atoms with van der Waals surface area (Å²) in [5, 5.41) is 7.92. The summed E-state index contributed by atoms with van der Waals surface area (Å²) in [5.74, 6) is -0.449. The van der Waals surface area contributed by atoms with Crippen molar-refractivity contribution in [3.63, 3.8) is 0 Å². The zero-order valence-electron chi connectivity index (χ0n) is 21.2. The quantitative estimate of drug-likeness (QED) is 0.413. The fourth-order valence-electron chi connectivity index (χ4n) is 4.25. The number of rotatable bonds is 7. The summed E-state index contributed by atoms with van der Waals surface area (Å²) in [6.07, 6.45) is -1.18. The van der Waals surface area contributed by atoms with Crippen LogP contribution in [-0.2, 0) is 20.8 Å². The molecule has 192 valence electrons. The van der Waals surface area contributed by atoms with Crippen molar-refractivity contribution in [1.82, 2.24) is 10.6 Å². The molecule has 3 aromatic rings. The van der Waals surface area contributed by atoms with Crippen LogP contribution in [-0.4, -0.2) is 36.8 Å². The van der Waals surface area contributed by atoms with E-state index in [4.69, 9.17) is 9.47 Å². The van der Waals surface area contributed by atoms with Gasteiger partial charge in [0.15, 0.2) is 0 Å². The first-order valence-corrected chi connectivity index (χ1v) is 12.1. The summed E-state index contributed by atoms with van der Waals surface area (Å²) in [6.45, 7) is 5.56. The molecule has 8 nitrogen and oxygen atoms in total. The van der Waals surface area contributed by atoms with E-state index < -0.39 is 23.7 Å². The van der Waals surface area contributed by atoms with Gasteiger partial charge < -0.3 is 25.4 Å². The van der Waals surface area contributed by atoms with E-state index in [0.29, 0.717) is 5.69 Å². The lowest BCUT2D eigenvalue weighted by atomic mass is 9.98. The van der Waals surface area contributed by atoms with Crippen molar-refractivity contribution in [1.29, 1.82) is 0 Å². The molecular weight excluding hydrogens is 470 g/mol. The molecule has 1 aliphatic rings. The van der Waals surface area contributed by atoms with Gasteiger partial charge in [-0.2, -0.15) is 0 Å². The standard InChI is InChI=1S/C29H31N3O5/c1-29(2,3)37-28(35)30-16-19-9-8-10-20(15-19)32-26(33)17-31-27(34)36-18-25-23-13-6-4-11-21(23)22-12-5-7-14-24(22)25/h4-15,25H,16-18H2,1-3H3,(H,30,35)(H,31,34)(H,32,33). The molecule has 0 bridgehead atoms. The maximum Gasteiger partial charge on any atom is 0.407 e. The number of anilines is 1. The van der Waals surface area contributed by atoms with Gasteiger partial charge in [-0.25, -0.2) is 9.59 Å². The van der Waals surface area contributed by atoms with Crippen molar-refractivity contribution in [2.24, 2.45) is 0 Å². The van der Waals surface area contributed by atoms with E-state index in [1.165, 1.54) is 0 Å². The third-order valence-electron chi connectivity index (χ3n) is 5.78. The Bertz CT molecular complexity index is 1250. The molecule has 8 heteroatoms. The predicted molar refractivity (Wildman–Crippen MR) is 141 cm³/mol. The number of nitrogens with one attached hydrogen (secondary N) is 3. The number of hydrogen-bond donors (Lipinski definition) is 3. The van der Waals surface area contributed by atoms with Crippen molar-refractivity contribution in [2.45, 2.75) is 38.8 Å². The van der Waals surface area contributed by atoms with E-state index in [1.54, 1.807) is 39.0 Å². The summed E-state index contributed by atoms with van der Waals surface area (Å²) < 4.78 is 10.7. The minimum atomic E-state index is -0.660. The summed E-state index contributed by atoms with van der Waals surface area (Å²) in [4.78, 5) is 36.5. The molecular formula is C29H31N3O5. The van der Waals surface area contributed by atoms with Gasteiger partial charge in [0.05, 0.1) is 0 Å². The number of alkyl carbamates (subject to hydrolysis) is 2. The molecule has 0 unspecified atom stereocenters. The average molecular weight is 502 g/mol. The second-order valence-corrected chi connectivity index (χ2v) is 9.78. The Morgan fingerprint density at radius 2 is 1.46 bits per heavy atom. The van der Waals surface area contributed by atoms with E-state index in [9.17, 15) is 14.4 Å². The summed E-state index contributed by atoms with van der Waals surface area (Å²) in [5.41, 5.74) is 5.28. The number of fused-ring (bicyclic) bond motifs is 3. The lowest BCUT2D eigenvalue weighted by Gasteiger charge is -2.19. The minimum Gasteiger partial charge on any atom is -0.449 e. The van der Waals surface area contributed by atoms with Gasteiger partial charge in [0.2, 0.25) is 5.91 Å². The number of carbonyl (C=O) groups is 3. The lowest BCUT2D eigenvalue weighted by molar-refractivity contribution is -0.115. The Morgan fingerprint density at radius 1 is 0.811 bits per heavy atom. The molecule has 4 rings (SSSR count). The van der Waals surface area contributed by atoms with Crippen LogP contribution in [0, 0.1) is 0 Å². The number of carbonyl (C=O) groups excluding carboxylic acids is 3. The zero-order valence-corrected chi connectivity index (χ0v) is 21.2. The molecule has 0 saturated heterocycles. The van der Waals surface area contributed by atoms with E-state index in [2.05, 4.69) is 28.1 Å². The van der Waals surface area contributed by atoms with Gasteiger partial charge in [-0.3, -0.25) is 4.79 Å². The SMILES string of the molecule is CC(C)(C)OC(=O)NCc1cccc(NC(=O)CNC(=O)OCC2c3ccccc3-c3ccccc32)c1. The number of amides is 3. The topological polar surface area (TPSA) is 106 Å². The Labute approximate surface area is 216 Å². The summed E-state index contributed by atoms with van der Waals surface area (Å²) in [6, 6.07) is 23.2. The number of hydrogen-bond acceptors (Lipinski definition) is 5. The van der Waals surface area contributed by atoms with Crippen LogP contribution in [0.25, 0.3) is 11.1 Å². The molecule has 0 radical (unpaired) electrons. The Kier molecular flexibility index (Phi) is 7.77. The summed E-state index contributed by atoms with van der Waals surface area (Å²) in [7, 11) is 0. The minimum absolute atomic E-state index is 0.0518. The highest BCUT2D eigenvalue weighted by Gasteiger charge is 2.29. The fourth-order valence-corrected chi connectivity index (χ4v) is 4.25. The first-order chi connectivity index (χ1) is 17.7. The van der Waals surface area contributed by atoms with E-state index in [0.717, 1.165) is 27.8 Å². The van der Waals surface area contributed by atoms with Crippen molar-refractivity contribution in [3.05, 3.63) is 89.5 Å². The van der Waals surface area contributed by atoms with Crippen LogP contribution < -0.4 is 16.0 Å². The first-order valence-electron chi connectivity index (χ1n) is 12.1. The molecule has 0 heterocycles. The Balaban J connectivity index is 1.24. The monoisotopic (exact) mass is 501 g/mol. The van der Waals surface area contributed by atoms with Crippen LogP contribution in [0.3, 0.4) is 0 Å². The molecule has 3 amide bonds. The highest BCUT2D eigenvalue weighted by Crippen LogP contribution is 2.44. The molecule has 37 heavy (non-hydrogen) atoms. The van der Waals surface area contributed by atoms with Gasteiger partial charge in [0.1, 0.15) is 18.8 Å². The van der Waals surface area contributed by atoms with Crippen LogP contribution in [0.5, 0.6) is 0 Å². The number of benzene rings is 3. The highest BCUT2D eigenvalue weighted by molar-refractivity contribution is 5.94. The highest BCUT2D eigenvalue weighted by atomic mass is 16.6. The molecule has 0 atom stereocenters. The van der Waals surface area contributed by atoms with Crippen molar-refractivity contribution in [3.8, 4) is 11.1 Å². The molecule has 1 aliphatic carbocycles. The largest absolute Gasteiger partial charge is 0.449 e. The molecule has 0 aliphatic heterocycles. The van der Waals surface area contributed by atoms with Gasteiger partial charge in [0.25, 0.3) is 0 Å². The predicted octanol–water partition coefficient (Wildman–Crippen LogP) is 5.19. The van der Waals surface area contributed by atoms with Gasteiger partial charge in [-0.05, 0) is 60.7 Å². The molecule has 3 aromatic carbocycles. The van der Waals surface area contributed by atoms with Crippen molar-refractivity contribution >= 4 is 23.8 Å². The molecule has 0 saturated carbocycles. The average Bonchev–Trinajstić information content (AvgIpc) is 3.18. The van der Waals surface area contributed by atoms with Gasteiger partial charge in [-0.1, -0.05) is 60.7 Å². The van der Waals surface area contributed by atoms with Gasteiger partial charge >= 0.3 is 12.2 Å². The van der Waals surface area contributed by atoms with Crippen LogP contribution >= 0.6 is 0 Å². The molecule has 3 N–H and O–H groups in total. The summed E-state index contributed by atoms with van der Waals surface area (Å²) >= 11 is 0. The molecule has 0 aromatic heterocycles. The molecule has 0 spiro atoms. The smallest absolute Gasteiger partial charge is 0.407 e. The van der Waals surface area contributed by atoms with Gasteiger partial charge in [-0.15, -0.1) is 0 Å². The zero-order chi connectivity index (χ0) is 26.4. The van der Waals surface area contributed by atoms with Crippen molar-refractivity contribution < 1.29 is 23.9 Å². The van der Waals surface area contributed by atoms with E-state index >= 15 is 0 Å². The number of ether oxygens (including phenoxy) is 2. The maximum absolute atomic E-state index is 12.4. The van der Waals surface area contributed by atoms with Crippen LogP contribution in [0.2, 0.25) is 0 Å². The lowest BCUT2D eigenvalue weighted by Crippen LogP contribution is -2.34. The van der Waals surface area contributed by atoms with Crippen LogP contribution in [0.4, 0.5) is 15.3 Å². The van der Waals surface area contributed by atoms with E-state index in [1.807, 2.05) is 42.5 Å². The Hall–Kier alpha value is -4.33. The second-order valence-electron chi connectivity index (χ2n) is 9.78.